The van der Waals surface area contributed by atoms with E-state index in [2.05, 4.69) is 20.3 Å². The van der Waals surface area contributed by atoms with Gasteiger partial charge in [-0.05, 0) is 31.0 Å². The topological polar surface area (TPSA) is 94.2 Å². The third kappa shape index (κ3) is 3.99. The summed E-state index contributed by atoms with van der Waals surface area (Å²) in [4.78, 5) is 41.1. The summed E-state index contributed by atoms with van der Waals surface area (Å²) in [6.45, 7) is 3.78. The van der Waals surface area contributed by atoms with Gasteiger partial charge < -0.3 is 9.88 Å². The molecule has 1 aliphatic heterocycles. The number of fused-ring (bicyclic) bond motifs is 1. The van der Waals surface area contributed by atoms with Gasteiger partial charge in [-0.1, -0.05) is 23.7 Å². The summed E-state index contributed by atoms with van der Waals surface area (Å²) in [5.74, 6) is 0.798. The molecule has 2 N–H and O–H groups in total. The van der Waals surface area contributed by atoms with E-state index < -0.39 is 0 Å². The molecule has 2 amide bonds. The molecule has 0 unspecified atom stereocenters. The lowest BCUT2D eigenvalue weighted by Gasteiger charge is -2.25. The van der Waals surface area contributed by atoms with Crippen molar-refractivity contribution >= 4 is 35.0 Å². The van der Waals surface area contributed by atoms with Crippen LogP contribution in [0.4, 0.5) is 22.1 Å². The number of nitrogens with zero attached hydrogens (tertiary/aromatic N) is 4. The fraction of sp³-hybridized carbons (Fsp3) is 0.238. The Balaban J connectivity index is 1.80. The smallest absolute Gasteiger partial charge is 0.328 e. The Morgan fingerprint density at radius 2 is 2.13 bits per heavy atom. The molecule has 2 aromatic heterocycles. The monoisotopic (exact) mass is 424 g/mol. The average Bonchev–Trinajstić information content (AvgIpc) is 2.94. The zero-order chi connectivity index (χ0) is 21.1. The number of benzene rings is 1. The highest BCUT2D eigenvalue weighted by atomic mass is 35.5. The van der Waals surface area contributed by atoms with Crippen molar-refractivity contribution in [1.82, 2.24) is 15.0 Å². The number of hydrogen-bond acceptors (Lipinski definition) is 5. The zero-order valence-electron chi connectivity index (χ0n) is 16.4. The second-order valence-electron chi connectivity index (χ2n) is 6.86. The van der Waals surface area contributed by atoms with Gasteiger partial charge in [-0.25, -0.2) is 9.78 Å². The van der Waals surface area contributed by atoms with Crippen LogP contribution in [0, 0.1) is 0 Å². The summed E-state index contributed by atoms with van der Waals surface area (Å²) in [5, 5.41) is 3.32. The fourth-order valence-corrected chi connectivity index (χ4v) is 3.75. The molecule has 0 bridgehead atoms. The maximum atomic E-state index is 13.1. The van der Waals surface area contributed by atoms with Gasteiger partial charge in [0.25, 0.3) is 0 Å². The molecule has 0 aliphatic carbocycles. The standard InChI is InChI=1S/C21H21ClN6O2/c1-2-27-9-4-10-28(21(30)26-18-13-23-7-8-24-18)20-19(27)17(29)12-16(25-20)14-5-3-6-15(22)11-14/h3,5-8,11-13H,2,4,9-10H2,1H3,(H,25,29)(H,24,26,30). The maximum absolute atomic E-state index is 13.1. The number of aromatic amines is 1. The number of carbonyl (C=O) groups excluding carboxylic acids is 1. The number of carbonyl (C=O) groups is 1. The number of amides is 2. The molecule has 3 aromatic rings. The molecule has 8 nitrogen and oxygen atoms in total. The van der Waals surface area contributed by atoms with Gasteiger partial charge in [0, 0.05) is 43.1 Å². The number of anilines is 3. The lowest BCUT2D eigenvalue weighted by atomic mass is 10.1. The Morgan fingerprint density at radius 3 is 2.87 bits per heavy atom. The normalized spacial score (nSPS) is 13.5. The first kappa shape index (κ1) is 19.9. The van der Waals surface area contributed by atoms with Crippen LogP contribution in [0.1, 0.15) is 13.3 Å². The third-order valence-corrected chi connectivity index (χ3v) is 5.18. The molecule has 0 atom stereocenters. The highest BCUT2D eigenvalue weighted by molar-refractivity contribution is 6.30. The van der Waals surface area contributed by atoms with Gasteiger partial charge in [0.05, 0.1) is 11.9 Å². The first-order valence-corrected chi connectivity index (χ1v) is 10.1. The van der Waals surface area contributed by atoms with E-state index in [1.807, 2.05) is 24.0 Å². The minimum absolute atomic E-state index is 0.153. The number of hydrogen-bond donors (Lipinski definition) is 2. The minimum atomic E-state index is -0.381. The molecule has 1 aliphatic rings. The largest absolute Gasteiger partial charge is 0.366 e. The van der Waals surface area contributed by atoms with Crippen molar-refractivity contribution in [3.63, 3.8) is 0 Å². The number of H-pyrrole nitrogens is 1. The molecule has 0 saturated heterocycles. The third-order valence-electron chi connectivity index (χ3n) is 4.94. The molecule has 0 spiro atoms. The highest BCUT2D eigenvalue weighted by Gasteiger charge is 2.28. The van der Waals surface area contributed by atoms with Gasteiger partial charge in [0.2, 0.25) is 5.43 Å². The minimum Gasteiger partial charge on any atom is -0.366 e. The summed E-state index contributed by atoms with van der Waals surface area (Å²) in [6.07, 6.45) is 5.23. The van der Waals surface area contributed by atoms with Crippen molar-refractivity contribution in [1.29, 1.82) is 0 Å². The van der Waals surface area contributed by atoms with Crippen LogP contribution >= 0.6 is 11.6 Å². The molecule has 0 fully saturated rings. The Kier molecular flexibility index (Phi) is 5.67. The quantitative estimate of drug-likeness (QED) is 0.667. The van der Waals surface area contributed by atoms with Crippen LogP contribution in [0.2, 0.25) is 5.02 Å². The van der Waals surface area contributed by atoms with Crippen LogP contribution in [0.25, 0.3) is 11.3 Å². The molecule has 4 rings (SSSR count). The van der Waals surface area contributed by atoms with E-state index >= 15 is 0 Å². The number of pyridine rings is 1. The summed E-state index contributed by atoms with van der Waals surface area (Å²) in [6, 6.07) is 8.40. The number of urea groups is 1. The lowest BCUT2D eigenvalue weighted by molar-refractivity contribution is 0.256. The Hall–Kier alpha value is -3.39. The zero-order valence-corrected chi connectivity index (χ0v) is 17.2. The highest BCUT2D eigenvalue weighted by Crippen LogP contribution is 2.31. The molecular formula is C21H21ClN6O2. The summed E-state index contributed by atoms with van der Waals surface area (Å²) < 4.78 is 0. The number of nitrogens with one attached hydrogen (secondary N) is 2. The van der Waals surface area contributed by atoms with Crippen LogP contribution in [0.5, 0.6) is 0 Å². The summed E-state index contributed by atoms with van der Waals surface area (Å²) in [5.41, 5.74) is 1.69. The SMILES string of the molecule is CCN1CCCN(C(=O)Nc2cnccn2)c2[nH]c(-c3cccc(Cl)c3)cc(=O)c21. The first-order chi connectivity index (χ1) is 14.6. The van der Waals surface area contributed by atoms with Gasteiger partial charge >= 0.3 is 6.03 Å². The van der Waals surface area contributed by atoms with E-state index in [0.29, 0.717) is 47.7 Å². The van der Waals surface area contributed by atoms with Gasteiger partial charge in [-0.3, -0.25) is 20.0 Å². The van der Waals surface area contributed by atoms with Gasteiger partial charge in [0.1, 0.15) is 11.5 Å². The molecule has 3 heterocycles. The van der Waals surface area contributed by atoms with E-state index in [9.17, 15) is 9.59 Å². The van der Waals surface area contributed by atoms with Crippen molar-refractivity contribution in [2.24, 2.45) is 0 Å². The van der Waals surface area contributed by atoms with Gasteiger partial charge in [0.15, 0.2) is 5.82 Å². The van der Waals surface area contributed by atoms with E-state index in [4.69, 9.17) is 11.6 Å². The lowest BCUT2D eigenvalue weighted by Crippen LogP contribution is -2.37. The molecule has 0 saturated carbocycles. The van der Waals surface area contributed by atoms with Crippen molar-refractivity contribution in [2.75, 3.05) is 34.8 Å². The van der Waals surface area contributed by atoms with Gasteiger partial charge in [-0.15, -0.1) is 0 Å². The maximum Gasteiger partial charge on any atom is 0.328 e. The summed E-state index contributed by atoms with van der Waals surface area (Å²) in [7, 11) is 0. The van der Waals surface area contributed by atoms with E-state index in [-0.39, 0.29) is 11.5 Å². The Labute approximate surface area is 178 Å². The fourth-order valence-electron chi connectivity index (χ4n) is 3.55. The first-order valence-electron chi connectivity index (χ1n) is 9.69. The predicted octanol–water partition coefficient (Wildman–Crippen LogP) is 3.75. The van der Waals surface area contributed by atoms with E-state index in [1.54, 1.807) is 23.1 Å². The predicted molar refractivity (Wildman–Crippen MR) is 118 cm³/mol. The van der Waals surface area contributed by atoms with Crippen molar-refractivity contribution in [3.05, 3.63) is 64.2 Å². The number of rotatable bonds is 3. The Morgan fingerprint density at radius 1 is 1.27 bits per heavy atom. The molecule has 30 heavy (non-hydrogen) atoms. The van der Waals surface area contributed by atoms with Gasteiger partial charge in [-0.2, -0.15) is 0 Å². The molecule has 1 aromatic carbocycles. The number of halogens is 1. The van der Waals surface area contributed by atoms with Crippen LogP contribution in [0.3, 0.4) is 0 Å². The Bertz CT molecular complexity index is 1120. The molecule has 9 heteroatoms. The van der Waals surface area contributed by atoms with E-state index in [0.717, 1.165) is 12.0 Å². The van der Waals surface area contributed by atoms with Crippen LogP contribution < -0.4 is 20.5 Å². The second-order valence-corrected chi connectivity index (χ2v) is 7.30. The van der Waals surface area contributed by atoms with Crippen LogP contribution in [-0.4, -0.2) is 40.6 Å². The second kappa shape index (κ2) is 8.54. The molecular weight excluding hydrogens is 404 g/mol. The van der Waals surface area contributed by atoms with Crippen molar-refractivity contribution in [2.45, 2.75) is 13.3 Å². The molecule has 154 valence electrons. The summed E-state index contributed by atoms with van der Waals surface area (Å²) >= 11 is 6.13. The van der Waals surface area contributed by atoms with Crippen molar-refractivity contribution < 1.29 is 4.79 Å². The van der Waals surface area contributed by atoms with Crippen LogP contribution in [-0.2, 0) is 0 Å². The van der Waals surface area contributed by atoms with Crippen LogP contribution in [0.15, 0.2) is 53.7 Å². The molecule has 0 radical (unpaired) electrons. The van der Waals surface area contributed by atoms with Crippen molar-refractivity contribution in [3.8, 4) is 11.3 Å². The van der Waals surface area contributed by atoms with E-state index in [1.165, 1.54) is 18.6 Å². The number of aromatic nitrogens is 3. The average molecular weight is 425 g/mol.